The molecule has 0 aliphatic rings. The van der Waals surface area contributed by atoms with Gasteiger partial charge in [0.05, 0.1) is 25.9 Å². The number of rotatable bonds is 10. The third-order valence-electron chi connectivity index (χ3n) is 2.31. The van der Waals surface area contributed by atoms with Crippen LogP contribution in [0.2, 0.25) is 0 Å². The number of carboxylic acid groups (broad SMARTS) is 1. The highest BCUT2D eigenvalue weighted by atomic mass is 16.5. The lowest BCUT2D eigenvalue weighted by atomic mass is 10.0. The molecule has 0 bridgehead atoms. The monoisotopic (exact) mass is 247 g/mol. The van der Waals surface area contributed by atoms with E-state index in [1.807, 2.05) is 20.8 Å². The minimum atomic E-state index is -1.02. The number of ether oxygens (including phenoxy) is 2. The van der Waals surface area contributed by atoms with Gasteiger partial charge in [0.25, 0.3) is 0 Å². The van der Waals surface area contributed by atoms with Gasteiger partial charge in [0.15, 0.2) is 0 Å². The molecular formula is C12H25NO4. The summed E-state index contributed by atoms with van der Waals surface area (Å²) in [5.74, 6) is -0.893. The fourth-order valence-electron chi connectivity index (χ4n) is 1.21. The van der Waals surface area contributed by atoms with Gasteiger partial charge in [-0.2, -0.15) is 0 Å². The Kier molecular flexibility index (Phi) is 8.12. The summed E-state index contributed by atoms with van der Waals surface area (Å²) in [7, 11) is 0. The van der Waals surface area contributed by atoms with Crippen molar-refractivity contribution < 1.29 is 19.4 Å². The maximum Gasteiger partial charge on any atom is 0.326 e. The Labute approximate surface area is 103 Å². The van der Waals surface area contributed by atoms with Crippen molar-refractivity contribution in [2.75, 3.05) is 26.4 Å². The molecule has 0 aromatic carbocycles. The molecule has 1 atom stereocenters. The van der Waals surface area contributed by atoms with Crippen LogP contribution >= 0.6 is 0 Å². The highest BCUT2D eigenvalue weighted by Crippen LogP contribution is 2.05. The molecule has 2 N–H and O–H groups in total. The minimum absolute atomic E-state index is 0.143. The summed E-state index contributed by atoms with van der Waals surface area (Å²) in [5, 5.41) is 12.1. The van der Waals surface area contributed by atoms with Crippen LogP contribution in [0.5, 0.6) is 0 Å². The van der Waals surface area contributed by atoms with Crippen LogP contribution in [0.1, 0.15) is 34.1 Å². The van der Waals surface area contributed by atoms with E-state index in [1.165, 1.54) is 0 Å². The van der Waals surface area contributed by atoms with Crippen molar-refractivity contribution in [2.45, 2.75) is 45.8 Å². The smallest absolute Gasteiger partial charge is 0.326 e. The summed E-state index contributed by atoms with van der Waals surface area (Å²) in [5.41, 5.74) is -1.02. The first-order chi connectivity index (χ1) is 7.92. The number of nitrogens with one attached hydrogen (secondary N) is 1. The first kappa shape index (κ1) is 16.4. The summed E-state index contributed by atoms with van der Waals surface area (Å²) in [6, 6.07) is 0. The van der Waals surface area contributed by atoms with Crippen LogP contribution in [-0.4, -0.2) is 49.1 Å². The van der Waals surface area contributed by atoms with Crippen molar-refractivity contribution in [3.63, 3.8) is 0 Å². The molecule has 0 rings (SSSR count). The van der Waals surface area contributed by atoms with Crippen molar-refractivity contribution in [2.24, 2.45) is 0 Å². The van der Waals surface area contributed by atoms with E-state index in [9.17, 15) is 4.79 Å². The van der Waals surface area contributed by atoms with Gasteiger partial charge in [-0.1, -0.05) is 6.92 Å². The number of carboxylic acids is 1. The summed E-state index contributed by atoms with van der Waals surface area (Å²) in [6.45, 7) is 9.23. The first-order valence-corrected chi connectivity index (χ1v) is 6.10. The Morgan fingerprint density at radius 3 is 2.53 bits per heavy atom. The summed E-state index contributed by atoms with van der Waals surface area (Å²) < 4.78 is 10.6. The Balaban J connectivity index is 3.88. The van der Waals surface area contributed by atoms with E-state index in [4.69, 9.17) is 14.6 Å². The van der Waals surface area contributed by atoms with Crippen LogP contribution in [-0.2, 0) is 14.3 Å². The van der Waals surface area contributed by atoms with Gasteiger partial charge in [-0.3, -0.25) is 4.79 Å². The second-order valence-electron chi connectivity index (χ2n) is 4.54. The molecule has 0 aromatic rings. The minimum Gasteiger partial charge on any atom is -0.480 e. The van der Waals surface area contributed by atoms with Crippen molar-refractivity contribution in [3.8, 4) is 0 Å². The molecule has 0 radical (unpaired) electrons. The van der Waals surface area contributed by atoms with Crippen LogP contribution in [0.25, 0.3) is 0 Å². The highest BCUT2D eigenvalue weighted by Gasteiger charge is 2.32. The maximum atomic E-state index is 11.1. The van der Waals surface area contributed by atoms with E-state index in [-0.39, 0.29) is 12.7 Å². The van der Waals surface area contributed by atoms with Crippen molar-refractivity contribution in [1.29, 1.82) is 0 Å². The molecule has 0 heterocycles. The summed E-state index contributed by atoms with van der Waals surface area (Å²) in [6.07, 6.45) is 1.06. The average Bonchev–Trinajstić information content (AvgIpc) is 2.25. The average molecular weight is 247 g/mol. The van der Waals surface area contributed by atoms with Crippen molar-refractivity contribution in [3.05, 3.63) is 0 Å². The van der Waals surface area contributed by atoms with Crippen LogP contribution in [0.4, 0.5) is 0 Å². The van der Waals surface area contributed by atoms with E-state index >= 15 is 0 Å². The molecule has 0 saturated heterocycles. The highest BCUT2D eigenvalue weighted by molar-refractivity contribution is 5.78. The molecular weight excluding hydrogens is 222 g/mol. The number of aliphatic carboxylic acids is 1. The topological polar surface area (TPSA) is 67.8 Å². The number of hydrogen-bond donors (Lipinski definition) is 2. The van der Waals surface area contributed by atoms with Gasteiger partial charge in [-0.05, 0) is 33.7 Å². The molecule has 0 spiro atoms. The fourth-order valence-corrected chi connectivity index (χ4v) is 1.21. The van der Waals surface area contributed by atoms with Gasteiger partial charge in [-0.25, -0.2) is 0 Å². The van der Waals surface area contributed by atoms with Crippen LogP contribution < -0.4 is 5.32 Å². The van der Waals surface area contributed by atoms with Gasteiger partial charge in [0.1, 0.15) is 5.54 Å². The maximum absolute atomic E-state index is 11.1. The van der Waals surface area contributed by atoms with Gasteiger partial charge >= 0.3 is 5.97 Å². The largest absolute Gasteiger partial charge is 0.480 e. The fraction of sp³-hybridized carbons (Fsp3) is 0.917. The summed E-state index contributed by atoms with van der Waals surface area (Å²) >= 11 is 0. The molecule has 102 valence electrons. The SMILES string of the molecule is CCCNC(C)(COCCOC(C)C)C(=O)O. The van der Waals surface area contributed by atoms with Gasteiger partial charge in [-0.15, -0.1) is 0 Å². The number of hydrogen-bond acceptors (Lipinski definition) is 4. The zero-order valence-electron chi connectivity index (χ0n) is 11.3. The third-order valence-corrected chi connectivity index (χ3v) is 2.31. The van der Waals surface area contributed by atoms with Crippen molar-refractivity contribution >= 4 is 5.97 Å². The van der Waals surface area contributed by atoms with Crippen molar-refractivity contribution in [1.82, 2.24) is 5.32 Å². The van der Waals surface area contributed by atoms with E-state index in [1.54, 1.807) is 6.92 Å². The molecule has 0 amide bonds. The molecule has 0 fully saturated rings. The van der Waals surface area contributed by atoms with E-state index in [0.717, 1.165) is 6.42 Å². The van der Waals surface area contributed by atoms with Crippen LogP contribution in [0, 0.1) is 0 Å². The Morgan fingerprint density at radius 2 is 2.06 bits per heavy atom. The van der Waals surface area contributed by atoms with Crippen LogP contribution in [0.3, 0.4) is 0 Å². The predicted molar refractivity (Wildman–Crippen MR) is 66.2 cm³/mol. The lowest BCUT2D eigenvalue weighted by Crippen LogP contribution is -2.53. The standard InChI is InChI=1S/C12H25NO4/c1-5-6-13-12(4,11(14)15)9-16-7-8-17-10(2)3/h10,13H,5-9H2,1-4H3,(H,14,15). The first-order valence-electron chi connectivity index (χ1n) is 6.10. The lowest BCUT2D eigenvalue weighted by Gasteiger charge is -2.26. The molecule has 0 saturated carbocycles. The van der Waals surface area contributed by atoms with E-state index < -0.39 is 11.5 Å². The number of carbonyl (C=O) groups is 1. The van der Waals surface area contributed by atoms with Gasteiger partial charge in [0, 0.05) is 0 Å². The molecule has 5 heteroatoms. The normalized spacial score (nSPS) is 14.9. The molecule has 0 aliphatic carbocycles. The van der Waals surface area contributed by atoms with Crippen LogP contribution in [0.15, 0.2) is 0 Å². The second kappa shape index (κ2) is 8.44. The zero-order chi connectivity index (χ0) is 13.3. The Morgan fingerprint density at radius 1 is 1.41 bits per heavy atom. The van der Waals surface area contributed by atoms with E-state index in [0.29, 0.717) is 19.8 Å². The molecule has 17 heavy (non-hydrogen) atoms. The van der Waals surface area contributed by atoms with Gasteiger partial charge in [0.2, 0.25) is 0 Å². The zero-order valence-corrected chi connectivity index (χ0v) is 11.3. The molecule has 5 nitrogen and oxygen atoms in total. The molecule has 0 aliphatic heterocycles. The second-order valence-corrected chi connectivity index (χ2v) is 4.54. The Hall–Kier alpha value is -0.650. The molecule has 1 unspecified atom stereocenters. The third kappa shape index (κ3) is 7.31. The molecule has 0 aromatic heterocycles. The van der Waals surface area contributed by atoms with E-state index in [2.05, 4.69) is 5.32 Å². The lowest BCUT2D eigenvalue weighted by molar-refractivity contribution is -0.147. The predicted octanol–water partition coefficient (Wildman–Crippen LogP) is 1.27. The van der Waals surface area contributed by atoms with Gasteiger partial charge < -0.3 is 19.9 Å². The summed E-state index contributed by atoms with van der Waals surface area (Å²) in [4.78, 5) is 11.1. The Bertz CT molecular complexity index is 221. The quantitative estimate of drug-likeness (QED) is 0.569.